The van der Waals surface area contributed by atoms with Crippen LogP contribution in [0.2, 0.25) is 10.0 Å². The molecule has 0 aliphatic rings. The number of benzene rings is 3. The average Bonchev–Trinajstić information content (AvgIpc) is 3.13. The van der Waals surface area contributed by atoms with Crippen molar-refractivity contribution in [3.05, 3.63) is 75.2 Å². The lowest BCUT2D eigenvalue weighted by Gasteiger charge is -2.12. The standard InChI is InChI=1S/C21H13BrCl2N2O2S/c22-12-5-7-16(14(9-12)21-26-17-3-1-2-4-19(17)29-21)25-20(27)11-28-18-8-6-13(23)10-15(18)24/h1-10H,11H2,(H,25,27). The summed E-state index contributed by atoms with van der Waals surface area (Å²) in [5, 5.41) is 4.57. The van der Waals surface area contributed by atoms with Crippen LogP contribution in [0.3, 0.4) is 0 Å². The summed E-state index contributed by atoms with van der Waals surface area (Å²) in [7, 11) is 0. The van der Waals surface area contributed by atoms with E-state index in [4.69, 9.17) is 32.9 Å². The van der Waals surface area contributed by atoms with E-state index in [-0.39, 0.29) is 12.5 Å². The van der Waals surface area contributed by atoms with Crippen molar-refractivity contribution in [1.29, 1.82) is 0 Å². The molecule has 1 amide bonds. The number of para-hydroxylation sites is 1. The Balaban J connectivity index is 1.54. The van der Waals surface area contributed by atoms with Gasteiger partial charge in [0.15, 0.2) is 6.61 Å². The van der Waals surface area contributed by atoms with Gasteiger partial charge >= 0.3 is 0 Å². The summed E-state index contributed by atoms with van der Waals surface area (Å²) < 4.78 is 7.50. The number of ether oxygens (including phenoxy) is 1. The number of amides is 1. The van der Waals surface area contributed by atoms with Crippen molar-refractivity contribution < 1.29 is 9.53 Å². The molecule has 4 rings (SSSR count). The Morgan fingerprint density at radius 1 is 1.10 bits per heavy atom. The molecule has 29 heavy (non-hydrogen) atoms. The van der Waals surface area contributed by atoms with Gasteiger partial charge in [-0.25, -0.2) is 4.98 Å². The number of hydrogen-bond acceptors (Lipinski definition) is 4. The number of hydrogen-bond donors (Lipinski definition) is 1. The van der Waals surface area contributed by atoms with Gasteiger partial charge in [0.2, 0.25) is 0 Å². The van der Waals surface area contributed by atoms with Gasteiger partial charge in [-0.15, -0.1) is 11.3 Å². The fourth-order valence-corrected chi connectivity index (χ4v) is 4.53. The molecule has 0 saturated carbocycles. The summed E-state index contributed by atoms with van der Waals surface area (Å²) in [6.07, 6.45) is 0. The second-order valence-corrected chi connectivity index (χ2v) is 8.88. The van der Waals surface area contributed by atoms with E-state index in [1.165, 1.54) is 0 Å². The molecule has 0 aliphatic carbocycles. The minimum absolute atomic E-state index is 0.184. The number of anilines is 1. The second-order valence-electron chi connectivity index (χ2n) is 6.09. The molecule has 4 nitrogen and oxygen atoms in total. The predicted octanol–water partition coefficient (Wildman–Crippen LogP) is 7.05. The van der Waals surface area contributed by atoms with E-state index in [0.29, 0.717) is 21.5 Å². The van der Waals surface area contributed by atoms with E-state index >= 15 is 0 Å². The maximum Gasteiger partial charge on any atom is 0.262 e. The van der Waals surface area contributed by atoms with Gasteiger partial charge in [-0.1, -0.05) is 51.3 Å². The van der Waals surface area contributed by atoms with Gasteiger partial charge < -0.3 is 10.1 Å². The number of carbonyl (C=O) groups excluding carboxylic acids is 1. The van der Waals surface area contributed by atoms with Crippen LogP contribution in [0, 0.1) is 0 Å². The van der Waals surface area contributed by atoms with Crippen LogP contribution in [0.4, 0.5) is 5.69 Å². The molecule has 146 valence electrons. The molecular weight excluding hydrogens is 495 g/mol. The molecule has 0 spiro atoms. The van der Waals surface area contributed by atoms with E-state index in [1.807, 2.05) is 42.5 Å². The van der Waals surface area contributed by atoms with E-state index in [2.05, 4.69) is 21.2 Å². The van der Waals surface area contributed by atoms with Crippen LogP contribution in [0.1, 0.15) is 0 Å². The SMILES string of the molecule is O=C(COc1ccc(Cl)cc1Cl)Nc1ccc(Br)cc1-c1nc2ccccc2s1. The first-order valence-electron chi connectivity index (χ1n) is 8.53. The summed E-state index contributed by atoms with van der Waals surface area (Å²) >= 11 is 17.0. The molecule has 0 saturated heterocycles. The monoisotopic (exact) mass is 506 g/mol. The predicted molar refractivity (Wildman–Crippen MR) is 123 cm³/mol. The smallest absolute Gasteiger partial charge is 0.262 e. The maximum absolute atomic E-state index is 12.5. The number of nitrogens with zero attached hydrogens (tertiary/aromatic N) is 1. The first kappa shape index (κ1) is 20.2. The number of nitrogens with one attached hydrogen (secondary N) is 1. The minimum atomic E-state index is -0.305. The van der Waals surface area contributed by atoms with Gasteiger partial charge in [0.1, 0.15) is 10.8 Å². The first-order chi connectivity index (χ1) is 14.0. The molecule has 0 radical (unpaired) electrons. The molecule has 0 bridgehead atoms. The molecule has 0 unspecified atom stereocenters. The molecular formula is C21H13BrCl2N2O2S. The molecule has 0 fully saturated rings. The first-order valence-corrected chi connectivity index (χ1v) is 10.9. The normalized spacial score (nSPS) is 10.9. The van der Waals surface area contributed by atoms with Gasteiger partial charge in [-0.3, -0.25) is 4.79 Å². The highest BCUT2D eigenvalue weighted by atomic mass is 79.9. The molecule has 1 heterocycles. The Morgan fingerprint density at radius 2 is 1.93 bits per heavy atom. The third-order valence-corrected chi connectivity index (χ3v) is 6.13. The molecule has 8 heteroatoms. The van der Waals surface area contributed by atoms with Gasteiger partial charge in [-0.05, 0) is 48.5 Å². The van der Waals surface area contributed by atoms with Crippen LogP contribution < -0.4 is 10.1 Å². The summed E-state index contributed by atoms with van der Waals surface area (Å²) in [5.74, 6) is 0.0918. The fraction of sp³-hybridized carbons (Fsp3) is 0.0476. The Labute approximate surface area is 189 Å². The van der Waals surface area contributed by atoms with Crippen LogP contribution >= 0.6 is 50.5 Å². The van der Waals surface area contributed by atoms with Crippen LogP contribution in [0.25, 0.3) is 20.8 Å². The number of aromatic nitrogens is 1. The Hall–Kier alpha value is -2.12. The van der Waals surface area contributed by atoms with Crippen molar-refractivity contribution in [2.45, 2.75) is 0 Å². The summed E-state index contributed by atoms with van der Waals surface area (Å²) in [6.45, 7) is -0.184. The molecule has 3 aromatic carbocycles. The Bertz CT molecular complexity index is 1180. The number of thiazole rings is 1. The highest BCUT2D eigenvalue weighted by Crippen LogP contribution is 2.36. The van der Waals surface area contributed by atoms with Crippen LogP contribution in [-0.2, 0) is 4.79 Å². The summed E-state index contributed by atoms with van der Waals surface area (Å²) in [6, 6.07) is 18.4. The van der Waals surface area contributed by atoms with Gasteiger partial charge in [0, 0.05) is 15.1 Å². The minimum Gasteiger partial charge on any atom is -0.482 e. The topological polar surface area (TPSA) is 51.2 Å². The van der Waals surface area contributed by atoms with Crippen LogP contribution in [-0.4, -0.2) is 17.5 Å². The highest BCUT2D eigenvalue weighted by Gasteiger charge is 2.14. The lowest BCUT2D eigenvalue weighted by Crippen LogP contribution is -2.20. The van der Waals surface area contributed by atoms with E-state index in [9.17, 15) is 4.79 Å². The molecule has 4 aromatic rings. The second kappa shape index (κ2) is 8.71. The Kier molecular flexibility index (Phi) is 6.06. The quantitative estimate of drug-likeness (QED) is 0.315. The van der Waals surface area contributed by atoms with Crippen molar-refractivity contribution in [3.8, 4) is 16.3 Å². The Morgan fingerprint density at radius 3 is 2.72 bits per heavy atom. The molecule has 1 N–H and O–H groups in total. The number of halogens is 3. The third-order valence-electron chi connectivity index (χ3n) is 4.03. The third kappa shape index (κ3) is 4.73. The van der Waals surface area contributed by atoms with Crippen molar-refractivity contribution in [1.82, 2.24) is 4.98 Å². The highest BCUT2D eigenvalue weighted by molar-refractivity contribution is 9.10. The van der Waals surface area contributed by atoms with E-state index in [0.717, 1.165) is 25.3 Å². The van der Waals surface area contributed by atoms with Crippen LogP contribution in [0.5, 0.6) is 5.75 Å². The van der Waals surface area contributed by atoms with Gasteiger partial charge in [0.25, 0.3) is 5.91 Å². The lowest BCUT2D eigenvalue weighted by molar-refractivity contribution is -0.118. The van der Waals surface area contributed by atoms with Crippen molar-refractivity contribution >= 4 is 72.3 Å². The largest absolute Gasteiger partial charge is 0.482 e. The molecule has 0 aliphatic heterocycles. The van der Waals surface area contributed by atoms with Crippen molar-refractivity contribution in [3.63, 3.8) is 0 Å². The number of rotatable bonds is 5. The van der Waals surface area contributed by atoms with Crippen molar-refractivity contribution in [2.75, 3.05) is 11.9 Å². The van der Waals surface area contributed by atoms with Gasteiger partial charge in [-0.2, -0.15) is 0 Å². The average molecular weight is 508 g/mol. The van der Waals surface area contributed by atoms with E-state index in [1.54, 1.807) is 29.5 Å². The van der Waals surface area contributed by atoms with Gasteiger partial charge in [0.05, 0.1) is 20.9 Å². The summed E-state index contributed by atoms with van der Waals surface area (Å²) in [5.41, 5.74) is 2.41. The molecule has 1 aromatic heterocycles. The summed E-state index contributed by atoms with van der Waals surface area (Å²) in [4.78, 5) is 17.2. The van der Waals surface area contributed by atoms with E-state index < -0.39 is 0 Å². The fourth-order valence-electron chi connectivity index (χ4n) is 2.71. The van der Waals surface area contributed by atoms with Crippen molar-refractivity contribution in [2.24, 2.45) is 0 Å². The van der Waals surface area contributed by atoms with Crippen LogP contribution in [0.15, 0.2) is 65.1 Å². The number of carbonyl (C=O) groups is 1. The number of fused-ring (bicyclic) bond motifs is 1. The zero-order valence-corrected chi connectivity index (χ0v) is 18.7. The lowest BCUT2D eigenvalue weighted by atomic mass is 10.2. The zero-order chi connectivity index (χ0) is 20.4. The maximum atomic E-state index is 12.5. The zero-order valence-electron chi connectivity index (χ0n) is 14.8. The molecule has 0 atom stereocenters.